The van der Waals surface area contributed by atoms with Crippen molar-refractivity contribution in [3.63, 3.8) is 0 Å². The van der Waals surface area contributed by atoms with E-state index in [1.807, 2.05) is 13.8 Å². The zero-order valence-corrected chi connectivity index (χ0v) is 22.6. The molecule has 0 bridgehead atoms. The lowest BCUT2D eigenvalue weighted by molar-refractivity contribution is -0.177. The van der Waals surface area contributed by atoms with Crippen LogP contribution in [0.2, 0.25) is 0 Å². The van der Waals surface area contributed by atoms with Crippen molar-refractivity contribution in [2.24, 2.45) is 28.6 Å². The fourth-order valence-electron chi connectivity index (χ4n) is 7.89. The van der Waals surface area contributed by atoms with Gasteiger partial charge in [0.2, 0.25) is 5.78 Å². The summed E-state index contributed by atoms with van der Waals surface area (Å²) in [5, 5.41) is 0. The van der Waals surface area contributed by atoms with Crippen LogP contribution in [0.3, 0.4) is 0 Å². The van der Waals surface area contributed by atoms with Gasteiger partial charge in [0.25, 0.3) is 0 Å². The minimum Gasteiger partial charge on any atom is -0.457 e. The van der Waals surface area contributed by atoms with Crippen LogP contribution in [0, 0.1) is 28.6 Å². The average molecular weight is 517 g/mol. The van der Waals surface area contributed by atoms with Crippen LogP contribution in [0.5, 0.6) is 0 Å². The smallest absolute Gasteiger partial charge is 0.457 e. The van der Waals surface area contributed by atoms with Crippen molar-refractivity contribution in [1.29, 1.82) is 0 Å². The van der Waals surface area contributed by atoms with Gasteiger partial charge in [-0.25, -0.2) is 4.79 Å². The zero-order valence-electron chi connectivity index (χ0n) is 22.6. The van der Waals surface area contributed by atoms with Gasteiger partial charge in [0.05, 0.1) is 6.61 Å². The Hall–Kier alpha value is -2.51. The van der Waals surface area contributed by atoms with E-state index in [1.54, 1.807) is 13.0 Å². The van der Waals surface area contributed by atoms with Crippen molar-refractivity contribution < 1.29 is 38.2 Å². The summed E-state index contributed by atoms with van der Waals surface area (Å²) in [6, 6.07) is 0. The van der Waals surface area contributed by atoms with E-state index in [-0.39, 0.29) is 60.6 Å². The number of allylic oxidation sites excluding steroid dienone is 1. The van der Waals surface area contributed by atoms with Crippen LogP contribution in [-0.2, 0) is 33.4 Å². The van der Waals surface area contributed by atoms with Gasteiger partial charge in [0.1, 0.15) is 5.78 Å². The molecule has 0 N–H and O–H groups in total. The summed E-state index contributed by atoms with van der Waals surface area (Å²) >= 11 is 0. The second-order valence-corrected chi connectivity index (χ2v) is 11.8. The summed E-state index contributed by atoms with van der Waals surface area (Å²) in [5.74, 6) is -1.06. The molecule has 8 heteroatoms. The van der Waals surface area contributed by atoms with Crippen molar-refractivity contribution in [2.75, 3.05) is 13.2 Å². The second kappa shape index (κ2) is 10.3. The molecule has 0 heterocycles. The number of rotatable bonds is 8. The highest BCUT2D eigenvalue weighted by Crippen LogP contribution is 2.67. The number of fused-ring (bicyclic) bond motifs is 5. The molecule has 4 aliphatic rings. The molecule has 0 spiro atoms. The highest BCUT2D eigenvalue weighted by atomic mass is 16.7. The van der Waals surface area contributed by atoms with Gasteiger partial charge < -0.3 is 14.2 Å². The summed E-state index contributed by atoms with van der Waals surface area (Å²) < 4.78 is 16.4. The third-order valence-corrected chi connectivity index (χ3v) is 9.85. The first-order valence-corrected chi connectivity index (χ1v) is 13.8. The minimum absolute atomic E-state index is 0.0224. The molecular formula is C29H40O8. The van der Waals surface area contributed by atoms with E-state index >= 15 is 0 Å². The van der Waals surface area contributed by atoms with Crippen LogP contribution in [0.4, 0.5) is 4.79 Å². The first-order chi connectivity index (χ1) is 17.5. The molecule has 0 aromatic rings. The van der Waals surface area contributed by atoms with Gasteiger partial charge in [-0.15, -0.1) is 0 Å². The Morgan fingerprint density at radius 2 is 1.78 bits per heavy atom. The lowest BCUT2D eigenvalue weighted by Gasteiger charge is -2.57. The average Bonchev–Trinajstić information content (AvgIpc) is 3.14. The summed E-state index contributed by atoms with van der Waals surface area (Å²) in [6.45, 7) is 7.29. The predicted octanol–water partition coefficient (Wildman–Crippen LogP) is 4.91. The van der Waals surface area contributed by atoms with E-state index in [9.17, 15) is 24.0 Å². The van der Waals surface area contributed by atoms with E-state index in [2.05, 4.69) is 6.92 Å². The largest absolute Gasteiger partial charge is 0.509 e. The molecule has 0 unspecified atom stereocenters. The van der Waals surface area contributed by atoms with Crippen molar-refractivity contribution in [3.05, 3.63) is 11.6 Å². The quantitative estimate of drug-likeness (QED) is 0.330. The molecule has 3 fully saturated rings. The molecule has 0 aromatic heterocycles. The van der Waals surface area contributed by atoms with Crippen LogP contribution in [0.1, 0.15) is 91.9 Å². The fourth-order valence-corrected chi connectivity index (χ4v) is 7.89. The summed E-state index contributed by atoms with van der Waals surface area (Å²) in [4.78, 5) is 64.5. The fraction of sp³-hybridized carbons (Fsp3) is 0.759. The summed E-state index contributed by atoms with van der Waals surface area (Å²) in [6.07, 6.45) is 6.02. The summed E-state index contributed by atoms with van der Waals surface area (Å²) in [7, 11) is 0. The molecular weight excluding hydrogens is 476 g/mol. The number of ketones is 3. The highest BCUT2D eigenvalue weighted by molar-refractivity contribution is 5.96. The van der Waals surface area contributed by atoms with Crippen LogP contribution in [-0.4, -0.2) is 48.3 Å². The molecule has 0 amide bonds. The first-order valence-electron chi connectivity index (χ1n) is 13.8. The molecule has 3 saturated carbocycles. The Morgan fingerprint density at radius 3 is 2.49 bits per heavy atom. The molecule has 0 aromatic carbocycles. The van der Waals surface area contributed by atoms with E-state index in [0.29, 0.717) is 25.7 Å². The normalized spacial score (nSPS) is 36.5. The molecule has 204 valence electrons. The van der Waals surface area contributed by atoms with Gasteiger partial charge in [-0.05, 0) is 61.9 Å². The number of ether oxygens (including phenoxy) is 3. The number of carbonyl (C=O) groups is 5. The van der Waals surface area contributed by atoms with Crippen molar-refractivity contribution in [1.82, 2.24) is 0 Å². The standard InChI is InChI=1S/C29H40O8/c1-5-7-14-35-26(34)37-29(23(32)17-36-24(33)6-2)13-11-21-20-9-8-18-15-19(30)10-12-27(18,3)25(20)22(31)16-28(21,29)4/h15,20-21,25H,5-14,16-17H2,1-4H3/t20-,21-,25+,27-,28-,29-/m0/s1. The third-order valence-electron chi connectivity index (χ3n) is 9.85. The number of carbonyl (C=O) groups excluding carboxylic acids is 5. The van der Waals surface area contributed by atoms with Gasteiger partial charge in [-0.1, -0.05) is 39.7 Å². The number of unbranched alkanes of at least 4 members (excludes halogenated alkanes) is 1. The number of esters is 1. The van der Waals surface area contributed by atoms with Crippen LogP contribution in [0.25, 0.3) is 0 Å². The molecule has 0 aliphatic heterocycles. The van der Waals surface area contributed by atoms with Gasteiger partial charge in [0.15, 0.2) is 18.0 Å². The zero-order chi connectivity index (χ0) is 27.0. The highest BCUT2D eigenvalue weighted by Gasteiger charge is 2.71. The van der Waals surface area contributed by atoms with Gasteiger partial charge in [-0.2, -0.15) is 0 Å². The van der Waals surface area contributed by atoms with E-state index in [1.165, 1.54) is 0 Å². The minimum atomic E-state index is -1.60. The Kier molecular flexibility index (Phi) is 7.69. The lowest BCUT2D eigenvalue weighted by Crippen LogP contribution is -2.62. The maximum atomic E-state index is 14.0. The molecule has 4 aliphatic carbocycles. The lowest BCUT2D eigenvalue weighted by atomic mass is 9.46. The third kappa shape index (κ3) is 4.54. The maximum Gasteiger partial charge on any atom is 0.509 e. The van der Waals surface area contributed by atoms with E-state index in [4.69, 9.17) is 14.2 Å². The van der Waals surface area contributed by atoms with Crippen molar-refractivity contribution in [3.8, 4) is 0 Å². The molecule has 0 radical (unpaired) electrons. The van der Waals surface area contributed by atoms with E-state index < -0.39 is 35.5 Å². The summed E-state index contributed by atoms with van der Waals surface area (Å²) in [5.41, 5.74) is -1.83. The Balaban J connectivity index is 1.67. The second-order valence-electron chi connectivity index (χ2n) is 11.8. The SMILES string of the molecule is CCCCOC(=O)O[C@]1(C(=O)COC(=O)CC)CC[C@H]2[C@@H]3CCC4=CC(=O)CC[C@]4(C)[C@H]3C(=O)C[C@@]21C. The number of hydrogen-bond donors (Lipinski definition) is 0. The Labute approximate surface area is 218 Å². The molecule has 6 atom stereocenters. The first kappa shape index (κ1) is 27.5. The van der Waals surface area contributed by atoms with Crippen molar-refractivity contribution >= 4 is 29.5 Å². The number of hydrogen-bond acceptors (Lipinski definition) is 8. The van der Waals surface area contributed by atoms with Crippen LogP contribution in [0.15, 0.2) is 11.6 Å². The van der Waals surface area contributed by atoms with E-state index in [0.717, 1.165) is 24.8 Å². The monoisotopic (exact) mass is 516 g/mol. The predicted molar refractivity (Wildman–Crippen MR) is 133 cm³/mol. The molecule has 4 rings (SSSR count). The number of Topliss-reactive ketones (excluding diaryl/α,β-unsaturated/α-hetero) is 2. The van der Waals surface area contributed by atoms with Crippen LogP contribution < -0.4 is 0 Å². The van der Waals surface area contributed by atoms with Gasteiger partial charge in [-0.3, -0.25) is 19.2 Å². The molecule has 0 saturated heterocycles. The Morgan fingerprint density at radius 1 is 1.03 bits per heavy atom. The maximum absolute atomic E-state index is 14.0. The van der Waals surface area contributed by atoms with Gasteiger partial charge in [0, 0.05) is 30.6 Å². The van der Waals surface area contributed by atoms with Gasteiger partial charge >= 0.3 is 12.1 Å². The molecule has 37 heavy (non-hydrogen) atoms. The Bertz CT molecular complexity index is 1010. The molecule has 8 nitrogen and oxygen atoms in total. The van der Waals surface area contributed by atoms with Crippen molar-refractivity contribution in [2.45, 2.75) is 97.5 Å². The van der Waals surface area contributed by atoms with Crippen LogP contribution >= 0.6 is 0 Å². The topological polar surface area (TPSA) is 113 Å².